The first-order chi connectivity index (χ1) is 18.0. The summed E-state index contributed by atoms with van der Waals surface area (Å²) in [6.07, 6.45) is -2.51. The van der Waals surface area contributed by atoms with Gasteiger partial charge < -0.3 is 34.5 Å². The van der Waals surface area contributed by atoms with E-state index in [0.29, 0.717) is 18.4 Å². The zero-order valence-electron chi connectivity index (χ0n) is 24.3. The van der Waals surface area contributed by atoms with Gasteiger partial charge in [0.15, 0.2) is 11.5 Å². The van der Waals surface area contributed by atoms with E-state index in [0.717, 1.165) is 0 Å². The Balaban J connectivity index is 3.49. The number of hydrogen-bond acceptors (Lipinski definition) is 10. The maximum atomic E-state index is 12.5. The third-order valence-electron chi connectivity index (χ3n) is 6.37. The Bertz CT molecular complexity index is 1000. The van der Waals surface area contributed by atoms with Crippen LogP contribution in [0.1, 0.15) is 86.6 Å². The molecule has 1 aromatic rings. The van der Waals surface area contributed by atoms with Crippen LogP contribution in [-0.4, -0.2) is 53.7 Å². The molecule has 5 unspecified atom stereocenters. The lowest BCUT2D eigenvalue weighted by Gasteiger charge is -2.33. The summed E-state index contributed by atoms with van der Waals surface area (Å²) in [5.74, 6) is -3.54. The highest BCUT2D eigenvalue weighted by molar-refractivity contribution is 5.76. The van der Waals surface area contributed by atoms with Crippen LogP contribution >= 0.6 is 0 Å². The Morgan fingerprint density at radius 3 is 1.77 bits per heavy atom. The maximum Gasteiger partial charge on any atom is 0.514 e. The molecule has 0 bridgehead atoms. The fourth-order valence-electron chi connectivity index (χ4n) is 3.36. The van der Waals surface area contributed by atoms with Gasteiger partial charge in [0.05, 0.1) is 5.41 Å². The van der Waals surface area contributed by atoms with Crippen LogP contribution in [0, 0.1) is 11.3 Å². The normalized spacial score (nSPS) is 16.1. The standard InChI is InChI=1S/C28H43NO10/c1-10-15(3)35-26(33)38-20-13-12-19(14-21(20)39-27(34)36-16(4)11-2)22(23(29)24(30)31)17(5)18(6)37-25(32)28(7,8)9/h12-18,22-23H,10-11,29H2,1-9H3,(H,30,31)/t15?,16?,17?,18?,22?,23-/m0/s1. The van der Waals surface area contributed by atoms with Crippen molar-refractivity contribution in [3.63, 3.8) is 0 Å². The molecule has 0 aliphatic heterocycles. The van der Waals surface area contributed by atoms with Gasteiger partial charge in [0.1, 0.15) is 24.4 Å². The molecule has 0 saturated heterocycles. The molecule has 1 aromatic carbocycles. The Morgan fingerprint density at radius 1 is 0.846 bits per heavy atom. The Kier molecular flexibility index (Phi) is 12.7. The smallest absolute Gasteiger partial charge is 0.480 e. The Hall–Kier alpha value is -3.34. The highest BCUT2D eigenvalue weighted by Gasteiger charge is 2.37. The molecule has 0 saturated carbocycles. The number of rotatable bonds is 12. The first-order valence-electron chi connectivity index (χ1n) is 13.1. The van der Waals surface area contributed by atoms with E-state index in [9.17, 15) is 24.3 Å². The number of carboxylic acids is 1. The number of nitrogens with two attached hydrogens (primary N) is 1. The van der Waals surface area contributed by atoms with E-state index in [-0.39, 0.29) is 11.5 Å². The number of aliphatic carboxylic acids is 1. The van der Waals surface area contributed by atoms with Gasteiger partial charge in [-0.1, -0.05) is 26.8 Å². The fourth-order valence-corrected chi connectivity index (χ4v) is 3.36. The van der Waals surface area contributed by atoms with Crippen LogP contribution in [0.15, 0.2) is 18.2 Å². The van der Waals surface area contributed by atoms with Gasteiger partial charge in [0.25, 0.3) is 0 Å². The summed E-state index contributed by atoms with van der Waals surface area (Å²) < 4.78 is 26.6. The highest BCUT2D eigenvalue weighted by Crippen LogP contribution is 2.38. The second-order valence-electron chi connectivity index (χ2n) is 10.7. The molecule has 3 N–H and O–H groups in total. The van der Waals surface area contributed by atoms with Crippen molar-refractivity contribution in [1.82, 2.24) is 0 Å². The van der Waals surface area contributed by atoms with Crippen LogP contribution in [0.25, 0.3) is 0 Å². The van der Waals surface area contributed by atoms with Crippen LogP contribution in [0.5, 0.6) is 11.5 Å². The van der Waals surface area contributed by atoms with Crippen molar-refractivity contribution in [2.24, 2.45) is 17.1 Å². The largest absolute Gasteiger partial charge is 0.514 e. The van der Waals surface area contributed by atoms with Crippen molar-refractivity contribution in [3.8, 4) is 11.5 Å². The minimum absolute atomic E-state index is 0.143. The molecule has 0 aliphatic carbocycles. The van der Waals surface area contributed by atoms with E-state index in [2.05, 4.69) is 0 Å². The third kappa shape index (κ3) is 10.4. The first kappa shape index (κ1) is 33.7. The van der Waals surface area contributed by atoms with Gasteiger partial charge in [-0.25, -0.2) is 9.59 Å². The number of carbonyl (C=O) groups is 4. The molecule has 11 nitrogen and oxygen atoms in total. The molecule has 0 spiro atoms. The molecule has 0 fully saturated rings. The van der Waals surface area contributed by atoms with E-state index in [1.54, 1.807) is 48.5 Å². The van der Waals surface area contributed by atoms with Gasteiger partial charge in [0.2, 0.25) is 0 Å². The summed E-state index contributed by atoms with van der Waals surface area (Å²) in [5, 5.41) is 9.75. The molecular formula is C28H43NO10. The first-order valence-corrected chi connectivity index (χ1v) is 13.1. The molecule has 0 amide bonds. The third-order valence-corrected chi connectivity index (χ3v) is 6.37. The maximum absolute atomic E-state index is 12.5. The van der Waals surface area contributed by atoms with Crippen LogP contribution in [0.4, 0.5) is 9.59 Å². The number of hydrogen-bond donors (Lipinski definition) is 2. The molecule has 0 aliphatic rings. The molecule has 0 aromatic heterocycles. The predicted octanol–water partition coefficient (Wildman–Crippen LogP) is 5.42. The summed E-state index contributed by atoms with van der Waals surface area (Å²) in [6, 6.07) is 2.80. The monoisotopic (exact) mass is 553 g/mol. The zero-order chi connectivity index (χ0) is 30.1. The molecule has 1 rings (SSSR count). The summed E-state index contributed by atoms with van der Waals surface area (Å²) in [4.78, 5) is 49.1. The van der Waals surface area contributed by atoms with Crippen LogP contribution in [-0.2, 0) is 23.8 Å². The minimum Gasteiger partial charge on any atom is -0.480 e. The fraction of sp³-hybridized carbons (Fsp3) is 0.643. The van der Waals surface area contributed by atoms with Gasteiger partial charge in [-0.15, -0.1) is 0 Å². The van der Waals surface area contributed by atoms with Crippen LogP contribution < -0.4 is 15.2 Å². The van der Waals surface area contributed by atoms with Gasteiger partial charge in [0, 0.05) is 11.8 Å². The van der Waals surface area contributed by atoms with E-state index >= 15 is 0 Å². The molecule has 39 heavy (non-hydrogen) atoms. The van der Waals surface area contributed by atoms with Gasteiger partial charge in [-0.2, -0.15) is 0 Å². The number of esters is 1. The van der Waals surface area contributed by atoms with Gasteiger partial charge >= 0.3 is 24.2 Å². The summed E-state index contributed by atoms with van der Waals surface area (Å²) in [6.45, 7) is 15.5. The number of carboxylic acid groups (broad SMARTS) is 1. The van der Waals surface area contributed by atoms with Crippen molar-refractivity contribution >= 4 is 24.2 Å². The Morgan fingerprint density at radius 2 is 1.33 bits per heavy atom. The van der Waals surface area contributed by atoms with Crippen LogP contribution in [0.2, 0.25) is 0 Å². The zero-order valence-corrected chi connectivity index (χ0v) is 24.3. The molecule has 0 radical (unpaired) electrons. The van der Waals surface area contributed by atoms with E-state index in [1.165, 1.54) is 18.2 Å². The number of benzene rings is 1. The van der Waals surface area contributed by atoms with E-state index in [4.69, 9.17) is 29.4 Å². The summed E-state index contributed by atoms with van der Waals surface area (Å²) in [7, 11) is 0. The van der Waals surface area contributed by atoms with Crippen molar-refractivity contribution < 1.29 is 48.0 Å². The van der Waals surface area contributed by atoms with Crippen molar-refractivity contribution in [1.29, 1.82) is 0 Å². The average molecular weight is 554 g/mol. The van der Waals surface area contributed by atoms with Gasteiger partial charge in [-0.3, -0.25) is 9.59 Å². The lowest BCUT2D eigenvalue weighted by molar-refractivity contribution is -0.160. The quantitative estimate of drug-likeness (QED) is 0.193. The number of carbonyl (C=O) groups excluding carboxylic acids is 3. The lowest BCUT2D eigenvalue weighted by atomic mass is 9.79. The topological polar surface area (TPSA) is 161 Å². The van der Waals surface area contributed by atoms with E-state index in [1.807, 2.05) is 13.8 Å². The Labute approximate surface area is 230 Å². The van der Waals surface area contributed by atoms with Crippen molar-refractivity contribution in [2.45, 2.75) is 105 Å². The van der Waals surface area contributed by atoms with Crippen LogP contribution in [0.3, 0.4) is 0 Å². The number of ether oxygens (including phenoxy) is 5. The molecule has 220 valence electrons. The summed E-state index contributed by atoms with van der Waals surface area (Å²) >= 11 is 0. The molecular weight excluding hydrogens is 510 g/mol. The SMILES string of the molecule is CCC(C)OC(=O)Oc1ccc(C(C(C)C(C)OC(=O)C(C)(C)C)[C@H](N)C(=O)O)cc1OC(=O)OC(C)CC. The van der Waals surface area contributed by atoms with Crippen molar-refractivity contribution in [2.75, 3.05) is 0 Å². The molecule has 0 heterocycles. The van der Waals surface area contributed by atoms with Gasteiger partial charge in [-0.05, 0) is 72.1 Å². The van der Waals surface area contributed by atoms with Crippen molar-refractivity contribution in [3.05, 3.63) is 23.8 Å². The second kappa shape index (κ2) is 14.7. The average Bonchev–Trinajstić information content (AvgIpc) is 2.84. The van der Waals surface area contributed by atoms with E-state index < -0.39 is 65.9 Å². The minimum atomic E-state index is -1.40. The predicted molar refractivity (Wildman–Crippen MR) is 143 cm³/mol. The molecule has 6 atom stereocenters. The summed E-state index contributed by atoms with van der Waals surface area (Å²) in [5.41, 5.74) is 5.68. The molecule has 11 heteroatoms. The highest BCUT2D eigenvalue weighted by atomic mass is 16.7. The second-order valence-corrected chi connectivity index (χ2v) is 10.7. The lowest BCUT2D eigenvalue weighted by Crippen LogP contribution is -2.43.